The number of nitrogens with two attached hydrogens (primary N) is 1. The van der Waals surface area contributed by atoms with E-state index in [0.717, 1.165) is 19.3 Å². The maximum Gasteiger partial charge on any atom is 0.338 e. The Kier molecular flexibility index (Phi) is 3.85. The lowest BCUT2D eigenvalue weighted by Gasteiger charge is -2.10. The molecule has 0 unspecified atom stereocenters. The molecule has 1 aliphatic carbocycles. The number of nitrogens with one attached hydrogen (secondary N) is 1. The normalized spacial score (nSPS) is 15.7. The molecule has 0 saturated heterocycles. The Bertz CT molecular complexity index is 478. The highest BCUT2D eigenvalue weighted by atomic mass is 16.5. The second-order valence-electron chi connectivity index (χ2n) is 4.82. The van der Waals surface area contributed by atoms with E-state index < -0.39 is 5.54 Å². The first-order valence-electron chi connectivity index (χ1n) is 6.43. The fourth-order valence-electron chi connectivity index (χ4n) is 1.59. The number of hydrogen-bond acceptors (Lipinski definition) is 4. The Morgan fingerprint density at radius 1 is 1.32 bits per heavy atom. The largest absolute Gasteiger partial charge is 0.462 e. The molecule has 0 aliphatic heterocycles. The van der Waals surface area contributed by atoms with Gasteiger partial charge < -0.3 is 15.8 Å². The SMILES string of the molecule is CCCOC(=O)c1ccc(NC(=O)C2(N)CC2)cc1. The standard InChI is InChI=1S/C14H18N2O3/c1-2-9-19-12(17)10-3-5-11(6-4-10)16-13(18)14(15)7-8-14/h3-6H,2,7-9,15H2,1H3,(H,16,18). The van der Waals surface area contributed by atoms with Crippen molar-refractivity contribution in [2.75, 3.05) is 11.9 Å². The predicted molar refractivity (Wildman–Crippen MR) is 71.8 cm³/mol. The Balaban J connectivity index is 1.94. The molecule has 0 bridgehead atoms. The Hall–Kier alpha value is -1.88. The second-order valence-corrected chi connectivity index (χ2v) is 4.82. The lowest BCUT2D eigenvalue weighted by molar-refractivity contribution is -0.118. The monoisotopic (exact) mass is 262 g/mol. The molecule has 1 saturated carbocycles. The van der Waals surface area contributed by atoms with Gasteiger partial charge in [0.25, 0.3) is 0 Å². The second kappa shape index (κ2) is 5.40. The number of carbonyl (C=O) groups excluding carboxylic acids is 2. The molecule has 1 aromatic carbocycles. The van der Waals surface area contributed by atoms with Crippen LogP contribution in [0.5, 0.6) is 0 Å². The van der Waals surface area contributed by atoms with Crippen molar-refractivity contribution in [2.24, 2.45) is 5.73 Å². The predicted octanol–water partition coefficient (Wildman–Crippen LogP) is 1.68. The van der Waals surface area contributed by atoms with Crippen LogP contribution in [0.4, 0.5) is 5.69 Å². The summed E-state index contributed by atoms with van der Waals surface area (Å²) in [4.78, 5) is 23.3. The summed E-state index contributed by atoms with van der Waals surface area (Å²) < 4.78 is 5.02. The van der Waals surface area contributed by atoms with Gasteiger partial charge in [-0.3, -0.25) is 4.79 Å². The molecule has 1 fully saturated rings. The smallest absolute Gasteiger partial charge is 0.338 e. The Morgan fingerprint density at radius 3 is 2.47 bits per heavy atom. The third kappa shape index (κ3) is 3.32. The number of hydrogen-bond donors (Lipinski definition) is 2. The van der Waals surface area contributed by atoms with E-state index in [1.54, 1.807) is 24.3 Å². The van der Waals surface area contributed by atoms with Gasteiger partial charge in [0.05, 0.1) is 17.7 Å². The van der Waals surface area contributed by atoms with Crippen LogP contribution in [0.15, 0.2) is 24.3 Å². The van der Waals surface area contributed by atoms with Crippen LogP contribution in [-0.4, -0.2) is 24.0 Å². The molecule has 5 nitrogen and oxygen atoms in total. The molecule has 0 radical (unpaired) electrons. The zero-order chi connectivity index (χ0) is 13.9. The number of amides is 1. The summed E-state index contributed by atoms with van der Waals surface area (Å²) in [6.07, 6.45) is 2.24. The minimum absolute atomic E-state index is 0.172. The summed E-state index contributed by atoms with van der Waals surface area (Å²) >= 11 is 0. The Labute approximate surface area is 112 Å². The number of benzene rings is 1. The molecular weight excluding hydrogens is 244 g/mol. The topological polar surface area (TPSA) is 81.4 Å². The maximum absolute atomic E-state index is 11.7. The van der Waals surface area contributed by atoms with Crippen molar-refractivity contribution in [1.29, 1.82) is 0 Å². The van der Waals surface area contributed by atoms with Gasteiger partial charge in [-0.2, -0.15) is 0 Å². The molecule has 5 heteroatoms. The molecule has 0 atom stereocenters. The highest BCUT2D eigenvalue weighted by molar-refractivity contribution is 6.00. The highest BCUT2D eigenvalue weighted by Crippen LogP contribution is 2.33. The van der Waals surface area contributed by atoms with Gasteiger partial charge in [-0.15, -0.1) is 0 Å². The average Bonchev–Trinajstić information content (AvgIpc) is 3.16. The third-order valence-corrected chi connectivity index (χ3v) is 3.06. The van der Waals surface area contributed by atoms with Crippen molar-refractivity contribution in [3.8, 4) is 0 Å². The first-order chi connectivity index (χ1) is 9.05. The van der Waals surface area contributed by atoms with E-state index in [4.69, 9.17) is 10.5 Å². The molecule has 3 N–H and O–H groups in total. The van der Waals surface area contributed by atoms with Crippen LogP contribution >= 0.6 is 0 Å². The highest BCUT2D eigenvalue weighted by Gasteiger charge is 2.45. The number of anilines is 1. The molecule has 1 aromatic rings. The fourth-order valence-corrected chi connectivity index (χ4v) is 1.59. The Morgan fingerprint density at radius 2 is 1.95 bits per heavy atom. The average molecular weight is 262 g/mol. The van der Waals surface area contributed by atoms with Crippen molar-refractivity contribution < 1.29 is 14.3 Å². The molecule has 1 aliphatic rings. The van der Waals surface area contributed by atoms with E-state index in [1.165, 1.54) is 0 Å². The van der Waals surface area contributed by atoms with Crippen LogP contribution in [-0.2, 0) is 9.53 Å². The molecule has 1 amide bonds. The first kappa shape index (κ1) is 13.5. The van der Waals surface area contributed by atoms with Crippen molar-refractivity contribution in [2.45, 2.75) is 31.7 Å². The molecule has 19 heavy (non-hydrogen) atoms. The lowest BCUT2D eigenvalue weighted by atomic mass is 10.2. The number of rotatable bonds is 5. The van der Waals surface area contributed by atoms with Crippen LogP contribution in [0.1, 0.15) is 36.5 Å². The van der Waals surface area contributed by atoms with E-state index >= 15 is 0 Å². The van der Waals surface area contributed by atoms with Crippen molar-refractivity contribution in [3.63, 3.8) is 0 Å². The molecule has 102 valence electrons. The number of carbonyl (C=O) groups is 2. The fraction of sp³-hybridized carbons (Fsp3) is 0.429. The summed E-state index contributed by atoms with van der Waals surface area (Å²) in [5, 5.41) is 2.74. The zero-order valence-corrected chi connectivity index (χ0v) is 10.9. The quantitative estimate of drug-likeness (QED) is 0.791. The van der Waals surface area contributed by atoms with E-state index in [2.05, 4.69) is 5.32 Å². The van der Waals surface area contributed by atoms with Gasteiger partial charge in [-0.25, -0.2) is 4.79 Å². The van der Waals surface area contributed by atoms with Gasteiger partial charge in [0.1, 0.15) is 0 Å². The first-order valence-corrected chi connectivity index (χ1v) is 6.43. The maximum atomic E-state index is 11.7. The van der Waals surface area contributed by atoms with Gasteiger partial charge in [0, 0.05) is 5.69 Å². The molecule has 0 heterocycles. The molecule has 2 rings (SSSR count). The van der Waals surface area contributed by atoms with E-state index in [1.807, 2.05) is 6.92 Å². The molecule has 0 spiro atoms. The third-order valence-electron chi connectivity index (χ3n) is 3.06. The number of esters is 1. The van der Waals surface area contributed by atoms with Crippen molar-refractivity contribution >= 4 is 17.6 Å². The van der Waals surface area contributed by atoms with Gasteiger partial charge >= 0.3 is 5.97 Å². The van der Waals surface area contributed by atoms with Gasteiger partial charge in [0.2, 0.25) is 5.91 Å². The van der Waals surface area contributed by atoms with Crippen LogP contribution in [0.3, 0.4) is 0 Å². The van der Waals surface area contributed by atoms with Gasteiger partial charge in [0.15, 0.2) is 0 Å². The summed E-state index contributed by atoms with van der Waals surface area (Å²) in [6, 6.07) is 6.60. The van der Waals surface area contributed by atoms with Gasteiger partial charge in [-0.1, -0.05) is 6.92 Å². The molecule has 0 aromatic heterocycles. The van der Waals surface area contributed by atoms with E-state index in [-0.39, 0.29) is 11.9 Å². The van der Waals surface area contributed by atoms with Crippen LogP contribution in [0, 0.1) is 0 Å². The number of ether oxygens (including phenoxy) is 1. The van der Waals surface area contributed by atoms with Crippen LogP contribution in [0.25, 0.3) is 0 Å². The van der Waals surface area contributed by atoms with Crippen molar-refractivity contribution in [1.82, 2.24) is 0 Å². The minimum atomic E-state index is -0.696. The summed E-state index contributed by atoms with van der Waals surface area (Å²) in [5.41, 5.74) is 6.19. The van der Waals surface area contributed by atoms with Crippen molar-refractivity contribution in [3.05, 3.63) is 29.8 Å². The van der Waals surface area contributed by atoms with Crippen LogP contribution in [0.2, 0.25) is 0 Å². The van der Waals surface area contributed by atoms with E-state index in [9.17, 15) is 9.59 Å². The summed E-state index contributed by atoms with van der Waals surface area (Å²) in [7, 11) is 0. The lowest BCUT2D eigenvalue weighted by Crippen LogP contribution is -2.37. The van der Waals surface area contributed by atoms with Crippen LogP contribution < -0.4 is 11.1 Å². The molecular formula is C14H18N2O3. The van der Waals surface area contributed by atoms with Gasteiger partial charge in [-0.05, 0) is 43.5 Å². The summed E-state index contributed by atoms with van der Waals surface area (Å²) in [6.45, 7) is 2.35. The minimum Gasteiger partial charge on any atom is -0.462 e. The summed E-state index contributed by atoms with van der Waals surface area (Å²) in [5.74, 6) is -0.522. The zero-order valence-electron chi connectivity index (χ0n) is 10.9. The van der Waals surface area contributed by atoms with E-state index in [0.29, 0.717) is 17.9 Å².